The summed E-state index contributed by atoms with van der Waals surface area (Å²) in [7, 11) is 0. The molecule has 0 aliphatic carbocycles. The molecule has 0 saturated heterocycles. The van der Waals surface area contributed by atoms with E-state index in [1.54, 1.807) is 18.2 Å². The van der Waals surface area contributed by atoms with Crippen LogP contribution in [0.4, 0.5) is 15.8 Å². The summed E-state index contributed by atoms with van der Waals surface area (Å²) >= 11 is 1.35. The van der Waals surface area contributed by atoms with Crippen LogP contribution in [0.25, 0.3) is 0 Å². The predicted molar refractivity (Wildman–Crippen MR) is 111 cm³/mol. The SMILES string of the molecule is Cc1ccc(C(=O)Nc2cccc(SCC(=O)Nc3ccc(F)cc3)c2)cc1. The maximum absolute atomic E-state index is 12.9. The number of benzene rings is 3. The van der Waals surface area contributed by atoms with Crippen molar-refractivity contribution < 1.29 is 14.0 Å². The molecule has 142 valence electrons. The van der Waals surface area contributed by atoms with Crippen LogP contribution >= 0.6 is 11.8 Å². The highest BCUT2D eigenvalue weighted by atomic mass is 32.2. The fourth-order valence-electron chi connectivity index (χ4n) is 2.45. The molecule has 6 heteroatoms. The van der Waals surface area contributed by atoms with Crippen LogP contribution in [0.2, 0.25) is 0 Å². The van der Waals surface area contributed by atoms with Crippen molar-refractivity contribution in [3.05, 3.63) is 89.7 Å². The summed E-state index contributed by atoms with van der Waals surface area (Å²) in [6.45, 7) is 1.97. The Labute approximate surface area is 167 Å². The molecule has 4 nitrogen and oxygen atoms in total. The fraction of sp³-hybridized carbons (Fsp3) is 0.0909. The molecule has 28 heavy (non-hydrogen) atoms. The third-order valence-electron chi connectivity index (χ3n) is 3.90. The summed E-state index contributed by atoms with van der Waals surface area (Å²) < 4.78 is 12.9. The number of carbonyl (C=O) groups excluding carboxylic acids is 2. The Balaban J connectivity index is 1.55. The van der Waals surface area contributed by atoms with Gasteiger partial charge in [-0.05, 0) is 61.5 Å². The van der Waals surface area contributed by atoms with Gasteiger partial charge in [-0.15, -0.1) is 11.8 Å². The minimum atomic E-state index is -0.350. The largest absolute Gasteiger partial charge is 0.325 e. The van der Waals surface area contributed by atoms with E-state index < -0.39 is 0 Å². The maximum atomic E-state index is 12.9. The molecule has 3 aromatic carbocycles. The van der Waals surface area contributed by atoms with E-state index in [9.17, 15) is 14.0 Å². The number of carbonyl (C=O) groups is 2. The first-order valence-electron chi connectivity index (χ1n) is 8.66. The van der Waals surface area contributed by atoms with Crippen molar-refractivity contribution in [2.45, 2.75) is 11.8 Å². The number of hydrogen-bond acceptors (Lipinski definition) is 3. The van der Waals surface area contributed by atoms with Gasteiger partial charge >= 0.3 is 0 Å². The van der Waals surface area contributed by atoms with Crippen LogP contribution in [0.1, 0.15) is 15.9 Å². The van der Waals surface area contributed by atoms with Gasteiger partial charge in [0.05, 0.1) is 5.75 Å². The molecule has 0 bridgehead atoms. The van der Waals surface area contributed by atoms with Crippen molar-refractivity contribution in [2.24, 2.45) is 0 Å². The van der Waals surface area contributed by atoms with Gasteiger partial charge < -0.3 is 10.6 Å². The normalized spacial score (nSPS) is 10.4. The van der Waals surface area contributed by atoms with Crippen LogP contribution in [0.15, 0.2) is 77.7 Å². The van der Waals surface area contributed by atoms with Gasteiger partial charge in [0, 0.05) is 21.8 Å². The van der Waals surface area contributed by atoms with Crippen LogP contribution in [0, 0.1) is 12.7 Å². The first kappa shape index (κ1) is 19.6. The monoisotopic (exact) mass is 394 g/mol. The molecular weight excluding hydrogens is 375 g/mol. The Kier molecular flexibility index (Phi) is 6.45. The summed E-state index contributed by atoms with van der Waals surface area (Å²) in [4.78, 5) is 25.2. The van der Waals surface area contributed by atoms with Crippen LogP contribution in [0.5, 0.6) is 0 Å². The maximum Gasteiger partial charge on any atom is 0.255 e. The first-order valence-corrected chi connectivity index (χ1v) is 9.64. The zero-order valence-corrected chi connectivity index (χ0v) is 16.1. The number of thioether (sulfide) groups is 1. The van der Waals surface area contributed by atoms with Crippen LogP contribution in [-0.2, 0) is 4.79 Å². The topological polar surface area (TPSA) is 58.2 Å². The number of anilines is 2. The second-order valence-corrected chi connectivity index (χ2v) is 7.24. The minimum Gasteiger partial charge on any atom is -0.325 e. The molecule has 0 spiro atoms. The molecule has 0 aliphatic heterocycles. The highest BCUT2D eigenvalue weighted by molar-refractivity contribution is 8.00. The smallest absolute Gasteiger partial charge is 0.255 e. The van der Waals surface area contributed by atoms with Crippen molar-refractivity contribution in [3.63, 3.8) is 0 Å². The zero-order chi connectivity index (χ0) is 19.9. The highest BCUT2D eigenvalue weighted by Crippen LogP contribution is 2.22. The minimum absolute atomic E-state index is 0.184. The van der Waals surface area contributed by atoms with E-state index in [0.717, 1.165) is 10.5 Å². The molecule has 0 atom stereocenters. The fourth-order valence-corrected chi connectivity index (χ4v) is 3.21. The Bertz CT molecular complexity index is 973. The standard InChI is InChI=1S/C22H19FN2O2S/c1-15-5-7-16(8-6-15)22(27)25-19-3-2-4-20(13-19)28-14-21(26)24-18-11-9-17(23)10-12-18/h2-13H,14H2,1H3,(H,24,26)(H,25,27). The Morgan fingerprint density at radius 2 is 1.61 bits per heavy atom. The Hall–Kier alpha value is -3.12. The number of rotatable bonds is 6. The molecule has 0 aromatic heterocycles. The lowest BCUT2D eigenvalue weighted by Crippen LogP contribution is -2.14. The Morgan fingerprint density at radius 3 is 2.32 bits per heavy atom. The molecular formula is C22H19FN2O2S. The molecule has 0 heterocycles. The second kappa shape index (κ2) is 9.19. The van der Waals surface area contributed by atoms with E-state index in [1.165, 1.54) is 36.0 Å². The molecule has 3 aromatic rings. The molecule has 0 saturated carbocycles. The van der Waals surface area contributed by atoms with Gasteiger partial charge in [0.1, 0.15) is 5.82 Å². The van der Waals surface area contributed by atoms with Gasteiger partial charge in [-0.1, -0.05) is 23.8 Å². The summed E-state index contributed by atoms with van der Waals surface area (Å²) in [5.41, 5.74) is 2.89. The Morgan fingerprint density at radius 1 is 0.893 bits per heavy atom. The van der Waals surface area contributed by atoms with Crippen LogP contribution in [0.3, 0.4) is 0 Å². The first-order chi connectivity index (χ1) is 13.5. The average molecular weight is 394 g/mol. The molecule has 2 amide bonds. The molecule has 2 N–H and O–H groups in total. The van der Waals surface area contributed by atoms with Gasteiger partial charge in [-0.2, -0.15) is 0 Å². The molecule has 0 unspecified atom stereocenters. The lowest BCUT2D eigenvalue weighted by molar-refractivity contribution is -0.113. The lowest BCUT2D eigenvalue weighted by Gasteiger charge is -2.08. The molecule has 0 aliphatic rings. The van der Waals surface area contributed by atoms with Crippen LogP contribution < -0.4 is 10.6 Å². The average Bonchev–Trinajstić information content (AvgIpc) is 2.69. The third kappa shape index (κ3) is 5.69. The second-order valence-electron chi connectivity index (χ2n) is 6.19. The quantitative estimate of drug-likeness (QED) is 0.571. The number of aryl methyl sites for hydroxylation is 1. The number of amides is 2. The van der Waals surface area contributed by atoms with Gasteiger partial charge in [0.2, 0.25) is 5.91 Å². The summed E-state index contributed by atoms with van der Waals surface area (Å²) in [6.07, 6.45) is 0. The van der Waals surface area contributed by atoms with Crippen molar-refractivity contribution in [1.82, 2.24) is 0 Å². The molecule has 0 radical (unpaired) electrons. The summed E-state index contributed by atoms with van der Waals surface area (Å²) in [5.74, 6) is -0.522. The van der Waals surface area contributed by atoms with Crippen molar-refractivity contribution in [3.8, 4) is 0 Å². The van der Waals surface area contributed by atoms with E-state index in [4.69, 9.17) is 0 Å². The van der Waals surface area contributed by atoms with E-state index in [0.29, 0.717) is 16.9 Å². The number of halogens is 1. The van der Waals surface area contributed by atoms with E-state index >= 15 is 0 Å². The zero-order valence-electron chi connectivity index (χ0n) is 15.2. The van der Waals surface area contributed by atoms with E-state index in [-0.39, 0.29) is 23.4 Å². The van der Waals surface area contributed by atoms with Gasteiger partial charge in [-0.3, -0.25) is 9.59 Å². The van der Waals surface area contributed by atoms with Crippen LogP contribution in [-0.4, -0.2) is 17.6 Å². The summed E-state index contributed by atoms with van der Waals surface area (Å²) in [6, 6.07) is 20.3. The van der Waals surface area contributed by atoms with E-state index in [2.05, 4.69) is 10.6 Å². The lowest BCUT2D eigenvalue weighted by atomic mass is 10.1. The molecule has 3 rings (SSSR count). The summed E-state index contributed by atoms with van der Waals surface area (Å²) in [5, 5.41) is 5.58. The van der Waals surface area contributed by atoms with Gasteiger partial charge in [0.15, 0.2) is 0 Å². The number of nitrogens with one attached hydrogen (secondary N) is 2. The van der Waals surface area contributed by atoms with Gasteiger partial charge in [-0.25, -0.2) is 4.39 Å². The third-order valence-corrected chi connectivity index (χ3v) is 4.90. The number of hydrogen-bond donors (Lipinski definition) is 2. The predicted octanol–water partition coefficient (Wildman–Crippen LogP) is 5.12. The van der Waals surface area contributed by atoms with Gasteiger partial charge in [0.25, 0.3) is 5.91 Å². The van der Waals surface area contributed by atoms with Crippen molar-refractivity contribution >= 4 is 35.0 Å². The molecule has 0 fully saturated rings. The van der Waals surface area contributed by atoms with E-state index in [1.807, 2.05) is 37.3 Å². The van der Waals surface area contributed by atoms with Crippen molar-refractivity contribution in [2.75, 3.05) is 16.4 Å². The van der Waals surface area contributed by atoms with Crippen molar-refractivity contribution in [1.29, 1.82) is 0 Å². The highest BCUT2D eigenvalue weighted by Gasteiger charge is 2.08.